The van der Waals surface area contributed by atoms with E-state index < -0.39 is 0 Å². The van der Waals surface area contributed by atoms with E-state index in [0.29, 0.717) is 12.5 Å². The third-order valence-electron chi connectivity index (χ3n) is 5.62. The Bertz CT molecular complexity index is 1030. The van der Waals surface area contributed by atoms with Crippen LogP contribution in [-0.2, 0) is 12.8 Å². The van der Waals surface area contributed by atoms with Crippen molar-refractivity contribution in [2.75, 3.05) is 12.1 Å². The summed E-state index contributed by atoms with van der Waals surface area (Å²) < 4.78 is 14.8. The van der Waals surface area contributed by atoms with Crippen molar-refractivity contribution in [3.8, 4) is 11.1 Å². The van der Waals surface area contributed by atoms with Crippen LogP contribution in [-0.4, -0.2) is 18.1 Å². The molecule has 0 aliphatic carbocycles. The minimum Gasteiger partial charge on any atom is -0.281 e. The lowest BCUT2D eigenvalue weighted by Crippen LogP contribution is -2.37. The summed E-state index contributed by atoms with van der Waals surface area (Å²) in [6.45, 7) is 2.16. The monoisotopic (exact) mass is 404 g/mol. The predicted molar refractivity (Wildman–Crippen MR) is 124 cm³/mol. The second-order valence-corrected chi connectivity index (χ2v) is 8.19. The Morgan fingerprint density at radius 2 is 1.66 bits per heavy atom. The Labute approximate surface area is 174 Å². The van der Waals surface area contributed by atoms with Gasteiger partial charge in [0.2, 0.25) is 0 Å². The zero-order valence-electron chi connectivity index (χ0n) is 16.8. The molecule has 4 heteroatoms. The van der Waals surface area contributed by atoms with Gasteiger partial charge in [0.15, 0.2) is 0 Å². The first-order valence-corrected chi connectivity index (χ1v) is 10.5. The number of hydrazine groups is 1. The van der Waals surface area contributed by atoms with Gasteiger partial charge in [0.1, 0.15) is 5.82 Å². The first kappa shape index (κ1) is 19.8. The first-order chi connectivity index (χ1) is 14.0. The van der Waals surface area contributed by atoms with E-state index in [1.807, 2.05) is 36.4 Å². The lowest BCUT2D eigenvalue weighted by molar-refractivity contribution is 0.322. The maximum absolute atomic E-state index is 14.8. The number of halogens is 1. The van der Waals surface area contributed by atoms with Crippen molar-refractivity contribution in [2.24, 2.45) is 0 Å². The quantitative estimate of drug-likeness (QED) is 0.529. The molecule has 0 saturated carbocycles. The molecule has 4 rings (SSSR count). The minimum absolute atomic E-state index is 0.137. The van der Waals surface area contributed by atoms with Crippen LogP contribution < -0.4 is 10.3 Å². The van der Waals surface area contributed by atoms with Gasteiger partial charge in [-0.15, -0.1) is 9.24 Å². The van der Waals surface area contributed by atoms with E-state index in [-0.39, 0.29) is 5.82 Å². The van der Waals surface area contributed by atoms with E-state index in [2.05, 4.69) is 69.8 Å². The smallest absolute Gasteiger partial charge is 0.127 e. The van der Waals surface area contributed by atoms with Crippen LogP contribution >= 0.6 is 9.24 Å². The molecule has 2 nitrogen and oxygen atoms in total. The van der Waals surface area contributed by atoms with Crippen LogP contribution in [0.15, 0.2) is 79.0 Å². The van der Waals surface area contributed by atoms with Gasteiger partial charge >= 0.3 is 0 Å². The number of anilines is 1. The van der Waals surface area contributed by atoms with Crippen LogP contribution in [0, 0.1) is 5.82 Å². The van der Waals surface area contributed by atoms with E-state index in [0.717, 1.165) is 34.1 Å². The van der Waals surface area contributed by atoms with Crippen molar-refractivity contribution in [1.29, 1.82) is 0 Å². The van der Waals surface area contributed by atoms with Crippen molar-refractivity contribution in [3.63, 3.8) is 0 Å². The highest BCUT2D eigenvalue weighted by Gasteiger charge is 2.21. The van der Waals surface area contributed by atoms with Crippen LogP contribution in [0.4, 0.5) is 10.1 Å². The highest BCUT2D eigenvalue weighted by atomic mass is 31.0. The molecular formula is C25H26FN2P. The van der Waals surface area contributed by atoms with Crippen LogP contribution in [0.3, 0.4) is 0 Å². The maximum atomic E-state index is 14.8. The lowest BCUT2D eigenvalue weighted by atomic mass is 9.99. The SMILES string of the molecule is CC1C=CN(c2cc(-c3ccc(CCc4ccccc4)c(F)c3)ccc2P)N1C. The number of likely N-dealkylation sites (N-methyl/N-ethyl adjacent to an activating group) is 1. The Kier molecular flexibility index (Phi) is 5.80. The normalized spacial score (nSPS) is 16.6. The summed E-state index contributed by atoms with van der Waals surface area (Å²) in [5.41, 5.74) is 4.99. The highest BCUT2D eigenvalue weighted by Crippen LogP contribution is 2.29. The maximum Gasteiger partial charge on any atom is 0.127 e. The summed E-state index contributed by atoms with van der Waals surface area (Å²) in [7, 11) is 4.87. The van der Waals surface area contributed by atoms with Crippen molar-refractivity contribution in [3.05, 3.63) is 96.0 Å². The molecule has 0 amide bonds. The minimum atomic E-state index is -0.137. The van der Waals surface area contributed by atoms with Crippen LogP contribution in [0.1, 0.15) is 18.1 Å². The van der Waals surface area contributed by atoms with Gasteiger partial charge in [0.05, 0.1) is 5.69 Å². The van der Waals surface area contributed by atoms with Gasteiger partial charge in [0, 0.05) is 19.3 Å². The summed E-state index contributed by atoms with van der Waals surface area (Å²) in [5.74, 6) is -0.137. The van der Waals surface area contributed by atoms with E-state index in [4.69, 9.17) is 0 Å². The van der Waals surface area contributed by atoms with E-state index >= 15 is 0 Å². The fourth-order valence-corrected chi connectivity index (χ4v) is 3.97. The van der Waals surface area contributed by atoms with Crippen LogP contribution in [0.25, 0.3) is 11.1 Å². The molecule has 0 aromatic heterocycles. The molecule has 148 valence electrons. The highest BCUT2D eigenvalue weighted by molar-refractivity contribution is 7.28. The summed E-state index contributed by atoms with van der Waals surface area (Å²) in [6.07, 6.45) is 5.80. The second-order valence-electron chi connectivity index (χ2n) is 7.57. The molecule has 0 fully saturated rings. The van der Waals surface area contributed by atoms with Gasteiger partial charge in [-0.25, -0.2) is 9.40 Å². The Balaban J connectivity index is 1.56. The number of hydrogen-bond acceptors (Lipinski definition) is 2. The average Bonchev–Trinajstić information content (AvgIpc) is 3.07. The molecule has 0 saturated heterocycles. The third-order valence-corrected chi connectivity index (χ3v) is 6.11. The Morgan fingerprint density at radius 1 is 0.931 bits per heavy atom. The molecule has 0 N–H and O–H groups in total. The number of rotatable bonds is 5. The lowest BCUT2D eigenvalue weighted by Gasteiger charge is -2.30. The van der Waals surface area contributed by atoms with Gasteiger partial charge in [-0.3, -0.25) is 5.01 Å². The van der Waals surface area contributed by atoms with Crippen molar-refractivity contribution in [2.45, 2.75) is 25.8 Å². The summed E-state index contributed by atoms with van der Waals surface area (Å²) in [6, 6.07) is 22.4. The standard InChI is InChI=1S/C25H26FN2P/c1-18-14-15-28(27(18)2)24-17-22(12-13-25(24)29)21-11-10-20(23(26)16-21)9-8-19-6-4-3-5-7-19/h3-7,10-18H,8-9,29H2,1-2H3. The van der Waals surface area contributed by atoms with Crippen molar-refractivity contribution in [1.82, 2.24) is 5.01 Å². The zero-order valence-corrected chi connectivity index (χ0v) is 18.0. The fraction of sp³-hybridized carbons (Fsp3) is 0.200. The van der Waals surface area contributed by atoms with Crippen LogP contribution in [0.5, 0.6) is 0 Å². The molecule has 29 heavy (non-hydrogen) atoms. The molecule has 0 radical (unpaired) electrons. The zero-order chi connectivity index (χ0) is 20.4. The summed E-state index contributed by atoms with van der Waals surface area (Å²) >= 11 is 0. The van der Waals surface area contributed by atoms with Gasteiger partial charge in [-0.05, 0) is 65.5 Å². The average molecular weight is 404 g/mol. The predicted octanol–water partition coefficient (Wildman–Crippen LogP) is 5.35. The van der Waals surface area contributed by atoms with Gasteiger partial charge < -0.3 is 0 Å². The number of benzene rings is 3. The molecule has 3 aromatic carbocycles. The number of hydrogen-bond donors (Lipinski definition) is 0. The Morgan fingerprint density at radius 3 is 2.34 bits per heavy atom. The van der Waals surface area contributed by atoms with E-state index in [1.54, 1.807) is 6.07 Å². The third kappa shape index (κ3) is 4.27. The van der Waals surface area contributed by atoms with Gasteiger partial charge in [-0.2, -0.15) is 0 Å². The molecule has 1 aliphatic rings. The molecule has 0 bridgehead atoms. The van der Waals surface area contributed by atoms with Gasteiger partial charge in [0.25, 0.3) is 0 Å². The molecular weight excluding hydrogens is 378 g/mol. The first-order valence-electron chi connectivity index (χ1n) is 9.95. The molecule has 2 atom stereocenters. The van der Waals surface area contributed by atoms with Crippen molar-refractivity contribution < 1.29 is 4.39 Å². The summed E-state index contributed by atoms with van der Waals surface area (Å²) in [4.78, 5) is 0. The molecule has 3 aromatic rings. The number of aryl methyl sites for hydroxylation is 2. The largest absolute Gasteiger partial charge is 0.281 e. The molecule has 1 heterocycles. The second kappa shape index (κ2) is 8.49. The Hall–Kier alpha value is -2.48. The summed E-state index contributed by atoms with van der Waals surface area (Å²) in [5, 5.41) is 5.43. The van der Waals surface area contributed by atoms with Gasteiger partial charge in [-0.1, -0.05) is 54.6 Å². The molecule has 1 aliphatic heterocycles. The van der Waals surface area contributed by atoms with E-state index in [1.165, 1.54) is 5.56 Å². The fourth-order valence-electron chi connectivity index (χ4n) is 3.66. The number of nitrogens with zero attached hydrogens (tertiary/aromatic N) is 2. The molecule has 0 spiro atoms. The van der Waals surface area contributed by atoms with Crippen molar-refractivity contribution >= 4 is 20.2 Å². The molecule has 2 unspecified atom stereocenters. The van der Waals surface area contributed by atoms with Crippen LogP contribution in [0.2, 0.25) is 0 Å². The topological polar surface area (TPSA) is 6.48 Å². The van der Waals surface area contributed by atoms with E-state index in [9.17, 15) is 4.39 Å².